The van der Waals surface area contributed by atoms with Crippen molar-refractivity contribution in [1.29, 1.82) is 0 Å². The zero-order valence-corrected chi connectivity index (χ0v) is 18.7. The number of hydrogen-bond acceptors (Lipinski definition) is 9. The maximum atomic E-state index is 13.4. The van der Waals surface area contributed by atoms with E-state index in [0.29, 0.717) is 5.13 Å². The van der Waals surface area contributed by atoms with E-state index in [1.165, 1.54) is 11.3 Å². The summed E-state index contributed by atoms with van der Waals surface area (Å²) in [6.45, 7) is 9.37. The maximum absolute atomic E-state index is 13.4. The smallest absolute Gasteiger partial charge is 0.338 e. The van der Waals surface area contributed by atoms with Crippen molar-refractivity contribution in [3.05, 3.63) is 11.1 Å². The second-order valence-electron chi connectivity index (χ2n) is 5.15. The van der Waals surface area contributed by atoms with E-state index in [-0.39, 0.29) is 26.4 Å². The van der Waals surface area contributed by atoms with Gasteiger partial charge in [-0.15, -0.1) is 11.3 Å². The van der Waals surface area contributed by atoms with Crippen molar-refractivity contribution in [2.45, 2.75) is 53.0 Å². The molecule has 1 heterocycles. The van der Waals surface area contributed by atoms with Crippen LogP contribution in [0.3, 0.4) is 0 Å². The zero-order chi connectivity index (χ0) is 19.6. The Morgan fingerprint density at radius 1 is 0.962 bits per heavy atom. The Morgan fingerprint density at radius 2 is 1.42 bits per heavy atom. The summed E-state index contributed by atoms with van der Waals surface area (Å²) in [5.74, 6) is 0. The molecule has 0 fully saturated rings. The van der Waals surface area contributed by atoms with Gasteiger partial charge in [-0.25, -0.2) is 4.98 Å². The van der Waals surface area contributed by atoms with Crippen molar-refractivity contribution in [2.24, 2.45) is 0 Å². The first-order valence-corrected chi connectivity index (χ1v) is 12.9. The average Bonchev–Trinajstić information content (AvgIpc) is 3.01. The molecule has 8 nitrogen and oxygen atoms in total. The van der Waals surface area contributed by atoms with Crippen LogP contribution in [0.15, 0.2) is 6.20 Å². The number of aromatic nitrogens is 1. The number of nitrogens with zero attached hydrogens (tertiary/aromatic N) is 1. The number of nitrogens with one attached hydrogen (secondary N) is 1. The SMILES string of the molecule is CCCc1cnc(NC(P(=O)(OCC)OCC)P(=O)(OCC)OCC)s1. The van der Waals surface area contributed by atoms with Crippen LogP contribution in [-0.4, -0.2) is 36.9 Å². The second-order valence-corrected chi connectivity index (χ2v) is 10.9. The van der Waals surface area contributed by atoms with E-state index in [1.54, 1.807) is 33.9 Å². The van der Waals surface area contributed by atoms with Crippen LogP contribution in [0, 0.1) is 0 Å². The van der Waals surface area contributed by atoms with Crippen molar-refractivity contribution in [3.8, 4) is 0 Å². The number of anilines is 1. The monoisotopic (exact) mass is 428 g/mol. The third kappa shape index (κ3) is 6.41. The van der Waals surface area contributed by atoms with E-state index in [9.17, 15) is 9.13 Å². The third-order valence-corrected chi connectivity index (χ3v) is 9.75. The fraction of sp³-hybridized carbons (Fsp3) is 0.800. The molecule has 0 aliphatic heterocycles. The minimum atomic E-state index is -3.84. The lowest BCUT2D eigenvalue weighted by Gasteiger charge is -2.31. The normalized spacial score (nSPS) is 12.7. The molecule has 26 heavy (non-hydrogen) atoms. The van der Waals surface area contributed by atoms with Crippen LogP contribution in [0.5, 0.6) is 0 Å². The molecule has 0 aliphatic rings. The van der Waals surface area contributed by atoms with Gasteiger partial charge in [0.25, 0.3) is 0 Å². The lowest BCUT2D eigenvalue weighted by molar-refractivity contribution is 0.198. The first-order valence-electron chi connectivity index (χ1n) is 8.87. The van der Waals surface area contributed by atoms with E-state index in [1.807, 2.05) is 0 Å². The Balaban J connectivity index is 3.29. The molecule has 0 atom stereocenters. The molecule has 1 aromatic heterocycles. The maximum Gasteiger partial charge on any atom is 0.365 e. The van der Waals surface area contributed by atoms with Gasteiger partial charge in [0.15, 0.2) is 5.13 Å². The molecule has 0 spiro atoms. The van der Waals surface area contributed by atoms with Crippen molar-refractivity contribution in [2.75, 3.05) is 31.7 Å². The molecule has 0 saturated heterocycles. The Hall–Kier alpha value is -0.270. The molecule has 0 saturated carbocycles. The predicted molar refractivity (Wildman–Crippen MR) is 105 cm³/mol. The van der Waals surface area contributed by atoms with Gasteiger partial charge < -0.3 is 23.4 Å². The Bertz CT molecular complexity index is 577. The summed E-state index contributed by atoms with van der Waals surface area (Å²) in [6, 6.07) is 0. The highest BCUT2D eigenvalue weighted by atomic mass is 32.1. The summed E-state index contributed by atoms with van der Waals surface area (Å²) in [6.07, 6.45) is 3.61. The van der Waals surface area contributed by atoms with Crippen LogP contribution in [0.25, 0.3) is 0 Å². The molecule has 1 aromatic rings. The van der Waals surface area contributed by atoms with Crippen LogP contribution in [0.2, 0.25) is 0 Å². The van der Waals surface area contributed by atoms with Gasteiger partial charge in [-0.2, -0.15) is 0 Å². The summed E-state index contributed by atoms with van der Waals surface area (Å²) in [7, 11) is -7.68. The summed E-state index contributed by atoms with van der Waals surface area (Å²) in [5.41, 5.74) is -1.30. The van der Waals surface area contributed by atoms with E-state index in [0.717, 1.165) is 17.7 Å². The molecule has 0 bridgehead atoms. The van der Waals surface area contributed by atoms with Gasteiger partial charge in [0.2, 0.25) is 5.52 Å². The van der Waals surface area contributed by atoms with Gasteiger partial charge in [-0.1, -0.05) is 13.3 Å². The number of hydrogen-bond donors (Lipinski definition) is 1. The van der Waals surface area contributed by atoms with Crippen molar-refractivity contribution >= 4 is 31.7 Å². The Morgan fingerprint density at radius 3 is 1.81 bits per heavy atom. The average molecular weight is 428 g/mol. The van der Waals surface area contributed by atoms with Crippen LogP contribution in [0.4, 0.5) is 5.13 Å². The molecule has 11 heteroatoms. The molecule has 1 rings (SSSR count). The van der Waals surface area contributed by atoms with E-state index < -0.39 is 20.7 Å². The summed E-state index contributed by atoms with van der Waals surface area (Å²) in [5, 5.41) is 3.43. The summed E-state index contributed by atoms with van der Waals surface area (Å²) >= 11 is 1.40. The highest BCUT2D eigenvalue weighted by Crippen LogP contribution is 2.70. The first-order chi connectivity index (χ1) is 12.4. The van der Waals surface area contributed by atoms with Gasteiger partial charge >= 0.3 is 15.2 Å². The minimum absolute atomic E-state index is 0.132. The summed E-state index contributed by atoms with van der Waals surface area (Å²) in [4.78, 5) is 5.35. The topological polar surface area (TPSA) is 96.0 Å². The van der Waals surface area contributed by atoms with Crippen molar-refractivity contribution < 1.29 is 27.2 Å². The van der Waals surface area contributed by atoms with E-state index in [2.05, 4.69) is 17.2 Å². The first kappa shape index (κ1) is 23.8. The van der Waals surface area contributed by atoms with Gasteiger partial charge in [0.05, 0.1) is 26.4 Å². The summed E-state index contributed by atoms with van der Waals surface area (Å²) < 4.78 is 48.4. The molecule has 0 unspecified atom stereocenters. The Labute approximate surface area is 160 Å². The van der Waals surface area contributed by atoms with Crippen LogP contribution < -0.4 is 5.32 Å². The van der Waals surface area contributed by atoms with Crippen LogP contribution >= 0.6 is 26.5 Å². The van der Waals surface area contributed by atoms with Crippen LogP contribution in [-0.2, 0) is 33.6 Å². The molecular formula is C15H30N2O6P2S. The van der Waals surface area contributed by atoms with Crippen molar-refractivity contribution in [1.82, 2.24) is 4.98 Å². The molecule has 0 aliphatic carbocycles. The van der Waals surface area contributed by atoms with E-state index in [4.69, 9.17) is 18.1 Å². The number of aryl methyl sites for hydroxylation is 1. The molecule has 1 N–H and O–H groups in total. The van der Waals surface area contributed by atoms with Crippen molar-refractivity contribution in [3.63, 3.8) is 0 Å². The fourth-order valence-corrected chi connectivity index (χ4v) is 8.27. The minimum Gasteiger partial charge on any atom is -0.338 e. The fourth-order valence-electron chi connectivity index (χ4n) is 2.25. The van der Waals surface area contributed by atoms with Gasteiger partial charge in [0.1, 0.15) is 0 Å². The van der Waals surface area contributed by atoms with Gasteiger partial charge in [0, 0.05) is 11.1 Å². The standard InChI is InChI=1S/C15H30N2O6P2S/c1-6-11-13-12-16-14(26-13)17-15(24(18,20-7-2)21-8-3)25(19,22-9-4)23-10-5/h12,15H,6-11H2,1-5H3,(H,16,17). The zero-order valence-electron chi connectivity index (χ0n) is 16.1. The highest BCUT2D eigenvalue weighted by molar-refractivity contribution is 7.73. The molecular weight excluding hydrogens is 398 g/mol. The molecule has 152 valence electrons. The molecule has 0 aromatic carbocycles. The van der Waals surface area contributed by atoms with Gasteiger partial charge in [-0.05, 0) is 34.1 Å². The van der Waals surface area contributed by atoms with E-state index >= 15 is 0 Å². The molecule has 0 radical (unpaired) electrons. The predicted octanol–water partition coefficient (Wildman–Crippen LogP) is 5.32. The largest absolute Gasteiger partial charge is 0.365 e. The second kappa shape index (κ2) is 11.5. The lowest BCUT2D eigenvalue weighted by atomic mass is 10.3. The highest BCUT2D eigenvalue weighted by Gasteiger charge is 2.51. The lowest BCUT2D eigenvalue weighted by Crippen LogP contribution is -2.25. The number of thiazole rings is 1. The molecule has 0 amide bonds. The quantitative estimate of drug-likeness (QED) is 0.398. The van der Waals surface area contributed by atoms with Crippen LogP contribution in [0.1, 0.15) is 45.9 Å². The van der Waals surface area contributed by atoms with Gasteiger partial charge in [-0.3, -0.25) is 9.13 Å². The third-order valence-electron chi connectivity index (χ3n) is 3.14. The number of rotatable bonds is 14. The Kier molecular flexibility index (Phi) is 10.6.